The van der Waals surface area contributed by atoms with Gasteiger partial charge in [-0.1, -0.05) is 13.8 Å². The summed E-state index contributed by atoms with van der Waals surface area (Å²) in [5.41, 5.74) is 0.716. The lowest BCUT2D eigenvalue weighted by molar-refractivity contribution is 0.491. The standard InChI is InChI=1S/C13H19F2N/c1-3-5-16-13(4-2)8-10-6-11(14)9-12(15)7-10/h6-7,9,13,16H,3-5,8H2,1-2H3. The van der Waals surface area contributed by atoms with Crippen molar-refractivity contribution < 1.29 is 8.78 Å². The third-order valence-electron chi connectivity index (χ3n) is 2.58. The first-order valence-electron chi connectivity index (χ1n) is 5.84. The van der Waals surface area contributed by atoms with E-state index in [4.69, 9.17) is 0 Å². The van der Waals surface area contributed by atoms with Gasteiger partial charge in [0.15, 0.2) is 0 Å². The Labute approximate surface area is 95.9 Å². The van der Waals surface area contributed by atoms with E-state index in [1.165, 1.54) is 12.1 Å². The van der Waals surface area contributed by atoms with Crippen molar-refractivity contribution in [2.24, 2.45) is 0 Å². The fourth-order valence-electron chi connectivity index (χ4n) is 1.72. The summed E-state index contributed by atoms with van der Waals surface area (Å²) in [7, 11) is 0. The first-order chi connectivity index (χ1) is 7.65. The van der Waals surface area contributed by atoms with Crippen LogP contribution < -0.4 is 5.32 Å². The number of rotatable bonds is 6. The Kier molecular flexibility index (Phi) is 5.39. The van der Waals surface area contributed by atoms with Crippen LogP contribution in [0.15, 0.2) is 18.2 Å². The van der Waals surface area contributed by atoms with Crippen LogP contribution >= 0.6 is 0 Å². The average Bonchev–Trinajstić information content (AvgIpc) is 2.22. The lowest BCUT2D eigenvalue weighted by Gasteiger charge is -2.16. The molecule has 0 saturated carbocycles. The summed E-state index contributed by atoms with van der Waals surface area (Å²) >= 11 is 0. The Balaban J connectivity index is 2.62. The molecule has 0 radical (unpaired) electrons. The molecule has 1 aromatic rings. The maximum Gasteiger partial charge on any atom is 0.126 e. The quantitative estimate of drug-likeness (QED) is 0.786. The van der Waals surface area contributed by atoms with Gasteiger partial charge in [0.2, 0.25) is 0 Å². The van der Waals surface area contributed by atoms with E-state index >= 15 is 0 Å². The van der Waals surface area contributed by atoms with E-state index in [0.717, 1.165) is 25.5 Å². The van der Waals surface area contributed by atoms with E-state index in [1.54, 1.807) is 0 Å². The summed E-state index contributed by atoms with van der Waals surface area (Å²) in [6.45, 7) is 5.11. The zero-order valence-corrected chi connectivity index (χ0v) is 9.89. The molecular formula is C13H19F2N. The summed E-state index contributed by atoms with van der Waals surface area (Å²) in [6.07, 6.45) is 2.69. The molecule has 1 rings (SSSR count). The molecule has 0 aromatic heterocycles. The molecule has 0 aliphatic carbocycles. The minimum absolute atomic E-state index is 0.293. The second-order valence-corrected chi connectivity index (χ2v) is 4.04. The predicted octanol–water partition coefficient (Wildman–Crippen LogP) is 3.29. The van der Waals surface area contributed by atoms with Crippen molar-refractivity contribution in [1.82, 2.24) is 5.32 Å². The predicted molar refractivity (Wildman–Crippen MR) is 62.4 cm³/mol. The lowest BCUT2D eigenvalue weighted by atomic mass is 10.0. The molecule has 90 valence electrons. The first-order valence-corrected chi connectivity index (χ1v) is 5.84. The Morgan fingerprint density at radius 1 is 1.12 bits per heavy atom. The minimum atomic E-state index is -0.500. The van der Waals surface area contributed by atoms with Crippen LogP contribution in [0.4, 0.5) is 8.78 Å². The highest BCUT2D eigenvalue weighted by atomic mass is 19.1. The van der Waals surface area contributed by atoms with Gasteiger partial charge >= 0.3 is 0 Å². The SMILES string of the molecule is CCCNC(CC)Cc1cc(F)cc(F)c1. The molecule has 16 heavy (non-hydrogen) atoms. The number of benzene rings is 1. The van der Waals surface area contributed by atoms with Gasteiger partial charge in [-0.3, -0.25) is 0 Å². The Hall–Kier alpha value is -0.960. The Morgan fingerprint density at radius 2 is 1.75 bits per heavy atom. The van der Waals surface area contributed by atoms with Crippen LogP contribution in [0.5, 0.6) is 0 Å². The molecule has 0 aliphatic heterocycles. The van der Waals surface area contributed by atoms with Gasteiger partial charge in [-0.2, -0.15) is 0 Å². The molecule has 1 nitrogen and oxygen atoms in total. The molecule has 1 aromatic carbocycles. The molecule has 1 atom stereocenters. The molecule has 0 saturated heterocycles. The Bertz CT molecular complexity index is 305. The van der Waals surface area contributed by atoms with Crippen molar-refractivity contribution in [3.63, 3.8) is 0 Å². The van der Waals surface area contributed by atoms with E-state index in [-0.39, 0.29) is 0 Å². The van der Waals surface area contributed by atoms with Crippen LogP contribution in [-0.2, 0) is 6.42 Å². The van der Waals surface area contributed by atoms with Gasteiger partial charge in [-0.25, -0.2) is 8.78 Å². The van der Waals surface area contributed by atoms with Crippen molar-refractivity contribution in [2.45, 2.75) is 39.2 Å². The molecular weight excluding hydrogens is 208 g/mol. The van der Waals surface area contributed by atoms with Crippen molar-refractivity contribution in [3.05, 3.63) is 35.4 Å². The largest absolute Gasteiger partial charge is 0.314 e. The number of nitrogens with one attached hydrogen (secondary N) is 1. The van der Waals surface area contributed by atoms with Crippen LogP contribution in [0.1, 0.15) is 32.3 Å². The molecule has 0 fully saturated rings. The normalized spacial score (nSPS) is 12.8. The van der Waals surface area contributed by atoms with E-state index in [2.05, 4.69) is 19.2 Å². The molecule has 0 aliphatic rings. The second kappa shape index (κ2) is 6.59. The number of halogens is 2. The summed E-state index contributed by atoms with van der Waals surface area (Å²) in [5, 5.41) is 3.36. The van der Waals surface area contributed by atoms with E-state index in [1.807, 2.05) is 0 Å². The second-order valence-electron chi connectivity index (χ2n) is 4.04. The molecule has 0 spiro atoms. The van der Waals surface area contributed by atoms with E-state index < -0.39 is 11.6 Å². The van der Waals surface area contributed by atoms with E-state index in [0.29, 0.717) is 18.0 Å². The van der Waals surface area contributed by atoms with Gasteiger partial charge in [0.25, 0.3) is 0 Å². The third kappa shape index (κ3) is 4.27. The summed E-state index contributed by atoms with van der Waals surface area (Å²) in [6, 6.07) is 4.00. The van der Waals surface area contributed by atoms with Crippen molar-refractivity contribution in [1.29, 1.82) is 0 Å². The van der Waals surface area contributed by atoms with Crippen LogP contribution in [0, 0.1) is 11.6 Å². The molecule has 0 bridgehead atoms. The zero-order chi connectivity index (χ0) is 12.0. The molecule has 0 heterocycles. The number of hydrogen-bond acceptors (Lipinski definition) is 1. The highest BCUT2D eigenvalue weighted by Gasteiger charge is 2.08. The zero-order valence-electron chi connectivity index (χ0n) is 9.89. The van der Waals surface area contributed by atoms with Gasteiger partial charge in [0.05, 0.1) is 0 Å². The number of hydrogen-bond donors (Lipinski definition) is 1. The van der Waals surface area contributed by atoms with Gasteiger partial charge in [-0.15, -0.1) is 0 Å². The van der Waals surface area contributed by atoms with Crippen molar-refractivity contribution in [2.75, 3.05) is 6.54 Å². The maximum atomic E-state index is 13.0. The minimum Gasteiger partial charge on any atom is -0.314 e. The van der Waals surface area contributed by atoms with Gasteiger partial charge < -0.3 is 5.32 Å². The van der Waals surface area contributed by atoms with Crippen molar-refractivity contribution in [3.8, 4) is 0 Å². The van der Waals surface area contributed by atoms with E-state index in [9.17, 15) is 8.78 Å². The van der Waals surface area contributed by atoms with Gasteiger partial charge in [0, 0.05) is 12.1 Å². The molecule has 1 N–H and O–H groups in total. The van der Waals surface area contributed by atoms with Crippen LogP contribution in [0.2, 0.25) is 0 Å². The van der Waals surface area contributed by atoms with Crippen LogP contribution in [0.3, 0.4) is 0 Å². The van der Waals surface area contributed by atoms with Gasteiger partial charge in [0.1, 0.15) is 11.6 Å². The fourth-order valence-corrected chi connectivity index (χ4v) is 1.72. The summed E-state index contributed by atoms with van der Waals surface area (Å²) < 4.78 is 25.9. The molecule has 1 unspecified atom stereocenters. The lowest BCUT2D eigenvalue weighted by Crippen LogP contribution is -2.31. The molecule has 3 heteroatoms. The first kappa shape index (κ1) is 13.1. The highest BCUT2D eigenvalue weighted by Crippen LogP contribution is 2.11. The topological polar surface area (TPSA) is 12.0 Å². The maximum absolute atomic E-state index is 13.0. The van der Waals surface area contributed by atoms with Crippen LogP contribution in [0.25, 0.3) is 0 Å². The Morgan fingerprint density at radius 3 is 2.25 bits per heavy atom. The monoisotopic (exact) mass is 227 g/mol. The smallest absolute Gasteiger partial charge is 0.126 e. The third-order valence-corrected chi connectivity index (χ3v) is 2.58. The fraction of sp³-hybridized carbons (Fsp3) is 0.538. The molecule has 0 amide bonds. The summed E-state index contributed by atoms with van der Waals surface area (Å²) in [5.74, 6) is -0.999. The van der Waals surface area contributed by atoms with Crippen molar-refractivity contribution >= 4 is 0 Å². The van der Waals surface area contributed by atoms with Gasteiger partial charge in [-0.05, 0) is 43.5 Å². The average molecular weight is 227 g/mol. The highest BCUT2D eigenvalue weighted by molar-refractivity contribution is 5.18. The summed E-state index contributed by atoms with van der Waals surface area (Å²) in [4.78, 5) is 0. The van der Waals surface area contributed by atoms with Crippen LogP contribution in [-0.4, -0.2) is 12.6 Å².